The van der Waals surface area contributed by atoms with E-state index < -0.39 is 6.10 Å². The molecule has 0 fully saturated rings. The van der Waals surface area contributed by atoms with Crippen molar-refractivity contribution in [2.75, 3.05) is 12.8 Å². The summed E-state index contributed by atoms with van der Waals surface area (Å²) >= 11 is 1.64. The van der Waals surface area contributed by atoms with Crippen LogP contribution in [0.5, 0.6) is 0 Å². The molecule has 16 heavy (non-hydrogen) atoms. The summed E-state index contributed by atoms with van der Waals surface area (Å²) in [5, 5.41) is 11.9. The van der Waals surface area contributed by atoms with Crippen LogP contribution in [0.2, 0.25) is 0 Å². The first-order chi connectivity index (χ1) is 7.63. The third kappa shape index (κ3) is 4.24. The number of nitrogens with one attached hydrogen (secondary N) is 1. The van der Waals surface area contributed by atoms with Crippen molar-refractivity contribution < 1.29 is 9.90 Å². The molecule has 4 heteroatoms. The van der Waals surface area contributed by atoms with Crippen molar-refractivity contribution in [1.29, 1.82) is 0 Å². The highest BCUT2D eigenvalue weighted by Gasteiger charge is 2.02. The van der Waals surface area contributed by atoms with Gasteiger partial charge in [-0.2, -0.15) is 0 Å². The molecule has 0 aliphatic heterocycles. The Bertz CT molecular complexity index is 335. The van der Waals surface area contributed by atoms with Gasteiger partial charge in [-0.25, -0.2) is 0 Å². The van der Waals surface area contributed by atoms with E-state index in [4.69, 9.17) is 0 Å². The van der Waals surface area contributed by atoms with Crippen molar-refractivity contribution in [1.82, 2.24) is 5.32 Å². The van der Waals surface area contributed by atoms with E-state index in [0.717, 1.165) is 16.2 Å². The minimum atomic E-state index is -0.426. The topological polar surface area (TPSA) is 49.3 Å². The van der Waals surface area contributed by atoms with Gasteiger partial charge in [0.1, 0.15) is 0 Å². The number of hydrogen-bond donors (Lipinski definition) is 2. The van der Waals surface area contributed by atoms with Crippen LogP contribution in [0.25, 0.3) is 0 Å². The van der Waals surface area contributed by atoms with Crippen molar-refractivity contribution in [3.63, 3.8) is 0 Å². The van der Waals surface area contributed by atoms with Crippen molar-refractivity contribution in [3.8, 4) is 0 Å². The first-order valence-electron chi connectivity index (χ1n) is 5.25. The summed E-state index contributed by atoms with van der Waals surface area (Å²) in [5.41, 5.74) is 0.913. The fourth-order valence-electron chi connectivity index (χ4n) is 1.23. The molecule has 1 unspecified atom stereocenters. The van der Waals surface area contributed by atoms with Gasteiger partial charge in [-0.3, -0.25) is 4.79 Å². The molecule has 1 atom stereocenters. The first kappa shape index (κ1) is 13.1. The quantitative estimate of drug-likeness (QED) is 0.772. The van der Waals surface area contributed by atoms with E-state index in [1.54, 1.807) is 25.7 Å². The van der Waals surface area contributed by atoms with Crippen LogP contribution < -0.4 is 5.32 Å². The second kappa shape index (κ2) is 6.55. The minimum Gasteiger partial charge on any atom is -0.389 e. The van der Waals surface area contributed by atoms with Gasteiger partial charge in [0, 0.05) is 24.1 Å². The minimum absolute atomic E-state index is 0.0631. The molecule has 0 aromatic heterocycles. The maximum atomic E-state index is 11.0. The molecule has 1 rings (SSSR count). The molecular formula is C12H17NO2S. The number of thioether (sulfide) groups is 1. The molecule has 0 heterocycles. The Kier molecular flexibility index (Phi) is 5.35. The maximum Gasteiger partial charge on any atom is 0.220 e. The van der Waals surface area contributed by atoms with Gasteiger partial charge in [-0.15, -0.1) is 11.8 Å². The zero-order valence-corrected chi connectivity index (χ0v) is 10.4. The van der Waals surface area contributed by atoms with Crippen molar-refractivity contribution in [2.24, 2.45) is 0 Å². The van der Waals surface area contributed by atoms with Crippen molar-refractivity contribution in [2.45, 2.75) is 24.3 Å². The predicted octanol–water partition coefficient (Wildman–Crippen LogP) is 1.97. The van der Waals surface area contributed by atoms with Crippen LogP contribution in [-0.4, -0.2) is 23.8 Å². The van der Waals surface area contributed by atoms with E-state index in [1.807, 2.05) is 24.3 Å². The molecule has 0 radical (unpaired) electrons. The van der Waals surface area contributed by atoms with E-state index in [0.29, 0.717) is 6.42 Å². The fourth-order valence-corrected chi connectivity index (χ4v) is 2.08. The average molecular weight is 239 g/mol. The number of aliphatic hydroxyl groups is 1. The second-order valence-corrected chi connectivity index (χ2v) is 4.68. The molecule has 1 aromatic rings. The lowest BCUT2D eigenvalue weighted by Gasteiger charge is -2.05. The summed E-state index contributed by atoms with van der Waals surface area (Å²) < 4.78 is 0. The molecule has 1 aromatic carbocycles. The van der Waals surface area contributed by atoms with Gasteiger partial charge in [0.15, 0.2) is 0 Å². The van der Waals surface area contributed by atoms with Crippen molar-refractivity contribution >= 4 is 17.7 Å². The average Bonchev–Trinajstić information content (AvgIpc) is 2.29. The van der Waals surface area contributed by atoms with Gasteiger partial charge >= 0.3 is 0 Å². The number of benzene rings is 1. The Hall–Kier alpha value is -1.00. The van der Waals surface area contributed by atoms with Gasteiger partial charge in [0.2, 0.25) is 5.91 Å². The zero-order chi connectivity index (χ0) is 12.0. The number of aliphatic hydroxyl groups excluding tert-OH is 1. The van der Waals surface area contributed by atoms with Crippen LogP contribution in [-0.2, 0) is 4.79 Å². The molecule has 0 saturated carbocycles. The van der Waals surface area contributed by atoms with E-state index in [-0.39, 0.29) is 5.91 Å². The smallest absolute Gasteiger partial charge is 0.220 e. The summed E-state index contributed by atoms with van der Waals surface area (Å²) in [6.45, 7) is 1.74. The second-order valence-electron chi connectivity index (χ2n) is 3.52. The summed E-state index contributed by atoms with van der Waals surface area (Å²) in [4.78, 5) is 12.1. The SMILES string of the molecule is CNC(=O)CCSc1ccc(C(C)O)cc1. The third-order valence-electron chi connectivity index (χ3n) is 2.24. The maximum absolute atomic E-state index is 11.0. The highest BCUT2D eigenvalue weighted by atomic mass is 32.2. The highest BCUT2D eigenvalue weighted by Crippen LogP contribution is 2.21. The molecule has 3 nitrogen and oxygen atoms in total. The van der Waals surface area contributed by atoms with Crippen LogP contribution in [0, 0.1) is 0 Å². The molecule has 1 amide bonds. The number of rotatable bonds is 5. The fraction of sp³-hybridized carbons (Fsp3) is 0.417. The molecule has 88 valence electrons. The molecule has 2 N–H and O–H groups in total. The van der Waals surface area contributed by atoms with E-state index in [9.17, 15) is 9.90 Å². The predicted molar refractivity (Wildman–Crippen MR) is 66.5 cm³/mol. The molecule has 0 aliphatic carbocycles. The summed E-state index contributed by atoms with van der Waals surface area (Å²) in [6, 6.07) is 7.76. The molecular weight excluding hydrogens is 222 g/mol. The summed E-state index contributed by atoms with van der Waals surface area (Å²) in [7, 11) is 1.64. The Labute approximate surface area is 100 Å². The lowest BCUT2D eigenvalue weighted by Crippen LogP contribution is -2.17. The van der Waals surface area contributed by atoms with Crippen LogP contribution in [0.4, 0.5) is 0 Å². The largest absolute Gasteiger partial charge is 0.389 e. The Morgan fingerprint density at radius 3 is 2.56 bits per heavy atom. The highest BCUT2D eigenvalue weighted by molar-refractivity contribution is 7.99. The number of carbonyl (C=O) groups is 1. The molecule has 0 bridgehead atoms. The number of carbonyl (C=O) groups excluding carboxylic acids is 1. The van der Waals surface area contributed by atoms with E-state index >= 15 is 0 Å². The Morgan fingerprint density at radius 1 is 1.44 bits per heavy atom. The third-order valence-corrected chi connectivity index (χ3v) is 3.25. The summed E-state index contributed by atoms with van der Waals surface area (Å²) in [6.07, 6.45) is 0.101. The van der Waals surface area contributed by atoms with Gasteiger partial charge in [0.05, 0.1) is 6.10 Å². The molecule has 0 saturated heterocycles. The van der Waals surface area contributed by atoms with Crippen LogP contribution in [0.1, 0.15) is 25.0 Å². The number of hydrogen-bond acceptors (Lipinski definition) is 3. The van der Waals surface area contributed by atoms with Crippen molar-refractivity contribution in [3.05, 3.63) is 29.8 Å². The zero-order valence-electron chi connectivity index (χ0n) is 9.56. The van der Waals surface area contributed by atoms with Crippen LogP contribution in [0.3, 0.4) is 0 Å². The van der Waals surface area contributed by atoms with Crippen LogP contribution >= 0.6 is 11.8 Å². The number of amides is 1. The lowest BCUT2D eigenvalue weighted by molar-refractivity contribution is -0.120. The van der Waals surface area contributed by atoms with E-state index in [1.165, 1.54) is 0 Å². The first-order valence-corrected chi connectivity index (χ1v) is 6.23. The Morgan fingerprint density at radius 2 is 2.06 bits per heavy atom. The lowest BCUT2D eigenvalue weighted by atomic mass is 10.1. The van der Waals surface area contributed by atoms with Gasteiger partial charge in [-0.1, -0.05) is 12.1 Å². The van der Waals surface area contributed by atoms with Gasteiger partial charge in [0.25, 0.3) is 0 Å². The van der Waals surface area contributed by atoms with Gasteiger partial charge in [-0.05, 0) is 24.6 Å². The normalized spacial score (nSPS) is 12.2. The van der Waals surface area contributed by atoms with Crippen LogP contribution in [0.15, 0.2) is 29.2 Å². The molecule has 0 spiro atoms. The standard InChI is InChI=1S/C12H17NO2S/c1-9(14)10-3-5-11(6-4-10)16-8-7-12(15)13-2/h3-6,9,14H,7-8H2,1-2H3,(H,13,15). The summed E-state index contributed by atoms with van der Waals surface area (Å²) in [5.74, 6) is 0.835. The molecule has 0 aliphatic rings. The Balaban J connectivity index is 2.40. The van der Waals surface area contributed by atoms with Gasteiger partial charge < -0.3 is 10.4 Å². The van der Waals surface area contributed by atoms with E-state index in [2.05, 4.69) is 5.32 Å². The monoisotopic (exact) mass is 239 g/mol.